The van der Waals surface area contributed by atoms with E-state index in [9.17, 15) is 17.4 Å². The highest BCUT2D eigenvalue weighted by Crippen LogP contribution is 2.30. The number of rotatable bonds is 7. The molecule has 1 atom stereocenters. The third-order valence-corrected chi connectivity index (χ3v) is 6.75. The van der Waals surface area contributed by atoms with Crippen molar-refractivity contribution in [2.45, 2.75) is 25.0 Å². The van der Waals surface area contributed by atoms with E-state index in [-0.39, 0.29) is 11.4 Å². The molecule has 0 saturated heterocycles. The van der Waals surface area contributed by atoms with E-state index in [2.05, 4.69) is 20.3 Å². The van der Waals surface area contributed by atoms with E-state index < -0.39 is 21.2 Å². The van der Waals surface area contributed by atoms with Gasteiger partial charge in [-0.1, -0.05) is 17.7 Å². The zero-order chi connectivity index (χ0) is 23.6. The average molecular weight is 487 g/mol. The summed E-state index contributed by atoms with van der Waals surface area (Å²) in [6.45, 7) is 1.46. The van der Waals surface area contributed by atoms with Gasteiger partial charge in [0.05, 0.1) is 15.8 Å². The molecule has 7 nitrogen and oxygen atoms in total. The summed E-state index contributed by atoms with van der Waals surface area (Å²) in [5.74, 6) is 0.409. The number of benzene rings is 2. The third kappa shape index (κ3) is 5.44. The summed E-state index contributed by atoms with van der Waals surface area (Å²) in [4.78, 5) is 13.4. The van der Waals surface area contributed by atoms with Crippen molar-refractivity contribution in [3.63, 3.8) is 0 Å². The zero-order valence-electron chi connectivity index (χ0n) is 17.5. The number of pyridine rings is 1. The largest absolute Gasteiger partial charge is 0.340 e. The van der Waals surface area contributed by atoms with Gasteiger partial charge >= 0.3 is 0 Å². The lowest BCUT2D eigenvalue weighted by molar-refractivity contribution is 0.466. The Morgan fingerprint density at radius 2 is 1.97 bits per heavy atom. The van der Waals surface area contributed by atoms with E-state index in [1.54, 1.807) is 24.5 Å². The second kappa shape index (κ2) is 9.38. The lowest BCUT2D eigenvalue weighted by atomic mass is 10.1. The standard InChI is InChI=1S/C23H20ClFN4O3S/c1-14(33(30,31)32)4-5-15-6-9-21-18(11-15)23(27-17-7-8-20(25)19(24)12-17)29-22(28-21)16-3-2-10-26-13-16/h2-3,6-14H,4-5H2,1H3,(H,27,28,29)(H,30,31,32). The highest BCUT2D eigenvalue weighted by Gasteiger charge is 2.17. The van der Waals surface area contributed by atoms with Crippen molar-refractivity contribution in [1.29, 1.82) is 0 Å². The van der Waals surface area contributed by atoms with Gasteiger partial charge in [-0.15, -0.1) is 0 Å². The molecule has 2 aromatic carbocycles. The molecule has 10 heteroatoms. The number of hydrogen-bond donors (Lipinski definition) is 2. The van der Waals surface area contributed by atoms with Gasteiger partial charge in [0.15, 0.2) is 5.82 Å². The van der Waals surface area contributed by atoms with Crippen molar-refractivity contribution < 1.29 is 17.4 Å². The summed E-state index contributed by atoms with van der Waals surface area (Å²) in [5.41, 5.74) is 2.79. The third-order valence-electron chi connectivity index (χ3n) is 5.21. The van der Waals surface area contributed by atoms with Crippen LogP contribution in [0.1, 0.15) is 18.9 Å². The van der Waals surface area contributed by atoms with E-state index in [4.69, 9.17) is 11.6 Å². The Morgan fingerprint density at radius 3 is 2.67 bits per heavy atom. The summed E-state index contributed by atoms with van der Waals surface area (Å²) in [7, 11) is -4.09. The van der Waals surface area contributed by atoms with Crippen LogP contribution in [0.5, 0.6) is 0 Å². The Morgan fingerprint density at radius 1 is 1.15 bits per heavy atom. The Balaban J connectivity index is 1.76. The van der Waals surface area contributed by atoms with Gasteiger partial charge < -0.3 is 5.32 Å². The van der Waals surface area contributed by atoms with Crippen molar-refractivity contribution in [2.75, 3.05) is 5.32 Å². The first kappa shape index (κ1) is 23.0. The highest BCUT2D eigenvalue weighted by molar-refractivity contribution is 7.86. The molecule has 4 rings (SSSR count). The summed E-state index contributed by atoms with van der Waals surface area (Å²) < 4.78 is 45.5. The molecule has 0 bridgehead atoms. The quantitative estimate of drug-likeness (QED) is 0.335. The average Bonchev–Trinajstić information content (AvgIpc) is 2.79. The Bertz CT molecular complexity index is 1420. The SMILES string of the molecule is CC(CCc1ccc2nc(-c3cccnc3)nc(Nc3ccc(F)c(Cl)c3)c2c1)S(=O)(=O)O. The van der Waals surface area contributed by atoms with Crippen LogP contribution in [0.25, 0.3) is 22.3 Å². The number of hydrogen-bond acceptors (Lipinski definition) is 6. The smallest absolute Gasteiger partial charge is 0.267 e. The van der Waals surface area contributed by atoms with Gasteiger partial charge in [0, 0.05) is 29.0 Å². The lowest BCUT2D eigenvalue weighted by Gasteiger charge is -2.13. The molecule has 0 fully saturated rings. The second-order valence-electron chi connectivity index (χ2n) is 7.61. The van der Waals surface area contributed by atoms with Gasteiger partial charge in [-0.25, -0.2) is 14.4 Å². The van der Waals surface area contributed by atoms with Crippen molar-refractivity contribution in [2.24, 2.45) is 0 Å². The molecule has 2 N–H and O–H groups in total. The van der Waals surface area contributed by atoms with E-state index >= 15 is 0 Å². The fourth-order valence-electron chi connectivity index (χ4n) is 3.28. The Kier molecular flexibility index (Phi) is 6.55. The molecule has 0 aliphatic rings. The van der Waals surface area contributed by atoms with E-state index in [1.807, 2.05) is 24.3 Å². The highest BCUT2D eigenvalue weighted by atomic mass is 35.5. The van der Waals surface area contributed by atoms with Crippen molar-refractivity contribution >= 4 is 44.1 Å². The van der Waals surface area contributed by atoms with Gasteiger partial charge in [0.2, 0.25) is 0 Å². The Hall–Kier alpha value is -3.14. The van der Waals surface area contributed by atoms with Crippen molar-refractivity contribution in [1.82, 2.24) is 15.0 Å². The molecule has 0 radical (unpaired) electrons. The minimum absolute atomic E-state index is 0.0225. The molecule has 0 aliphatic heterocycles. The predicted molar refractivity (Wildman–Crippen MR) is 127 cm³/mol. The normalized spacial score (nSPS) is 12.6. The summed E-state index contributed by atoms with van der Waals surface area (Å²) >= 11 is 5.93. The minimum atomic E-state index is -4.09. The first-order chi connectivity index (χ1) is 15.7. The van der Waals surface area contributed by atoms with Crippen LogP contribution in [0.2, 0.25) is 5.02 Å². The van der Waals surface area contributed by atoms with Gasteiger partial charge in [-0.2, -0.15) is 8.42 Å². The maximum absolute atomic E-state index is 13.6. The number of nitrogens with one attached hydrogen (secondary N) is 1. The molecule has 0 amide bonds. The summed E-state index contributed by atoms with van der Waals surface area (Å²) in [6.07, 6.45) is 4.01. The van der Waals surface area contributed by atoms with Crippen LogP contribution in [-0.2, 0) is 16.5 Å². The topological polar surface area (TPSA) is 105 Å². The molecule has 0 saturated carbocycles. The van der Waals surface area contributed by atoms with Gasteiger partial charge in [-0.05, 0) is 67.8 Å². The first-order valence-electron chi connectivity index (χ1n) is 10.1. The maximum Gasteiger partial charge on any atom is 0.267 e. The number of halogens is 2. The fraction of sp³-hybridized carbons (Fsp3) is 0.174. The Labute approximate surface area is 195 Å². The van der Waals surface area contributed by atoms with Crippen LogP contribution in [0.4, 0.5) is 15.9 Å². The molecule has 33 heavy (non-hydrogen) atoms. The van der Waals surface area contributed by atoms with Gasteiger partial charge in [-0.3, -0.25) is 9.54 Å². The van der Waals surface area contributed by atoms with Crippen LogP contribution in [0, 0.1) is 5.82 Å². The molecule has 1 unspecified atom stereocenters. The maximum atomic E-state index is 13.6. The second-order valence-corrected chi connectivity index (χ2v) is 9.85. The van der Waals surface area contributed by atoms with Crippen LogP contribution in [0.15, 0.2) is 60.9 Å². The number of anilines is 2. The van der Waals surface area contributed by atoms with Crippen LogP contribution < -0.4 is 5.32 Å². The zero-order valence-corrected chi connectivity index (χ0v) is 19.1. The molecule has 2 heterocycles. The number of fused-ring (bicyclic) bond motifs is 1. The minimum Gasteiger partial charge on any atom is -0.340 e. The number of aryl methyl sites for hydroxylation is 1. The van der Waals surface area contributed by atoms with Crippen molar-refractivity contribution in [3.05, 3.63) is 77.3 Å². The lowest BCUT2D eigenvalue weighted by Crippen LogP contribution is -2.17. The fourth-order valence-corrected chi connectivity index (χ4v) is 3.88. The predicted octanol–water partition coefficient (Wildman–Crippen LogP) is 5.44. The van der Waals surface area contributed by atoms with E-state index in [0.717, 1.165) is 11.1 Å². The first-order valence-corrected chi connectivity index (χ1v) is 12.0. The summed E-state index contributed by atoms with van der Waals surface area (Å²) in [5, 5.41) is 2.98. The molecule has 0 spiro atoms. The summed E-state index contributed by atoms with van der Waals surface area (Å²) in [6, 6.07) is 13.5. The number of aromatic nitrogens is 3. The number of nitrogens with zero attached hydrogens (tertiary/aromatic N) is 3. The van der Waals surface area contributed by atoms with Crippen LogP contribution in [-0.4, -0.2) is 33.2 Å². The molecule has 0 aliphatic carbocycles. The van der Waals surface area contributed by atoms with Gasteiger partial charge in [0.25, 0.3) is 10.1 Å². The van der Waals surface area contributed by atoms with Crippen molar-refractivity contribution in [3.8, 4) is 11.4 Å². The van der Waals surface area contributed by atoms with E-state index in [0.29, 0.717) is 34.7 Å². The van der Waals surface area contributed by atoms with Crippen LogP contribution in [0.3, 0.4) is 0 Å². The molecule has 170 valence electrons. The van der Waals surface area contributed by atoms with Crippen LogP contribution >= 0.6 is 11.6 Å². The molecular formula is C23H20ClFN4O3S. The molecular weight excluding hydrogens is 467 g/mol. The molecule has 2 aromatic heterocycles. The molecule has 4 aromatic rings. The van der Waals surface area contributed by atoms with E-state index in [1.165, 1.54) is 19.1 Å². The van der Waals surface area contributed by atoms with Gasteiger partial charge in [0.1, 0.15) is 11.6 Å². The monoisotopic (exact) mass is 486 g/mol.